The minimum absolute atomic E-state index is 0.108. The average molecular weight is 366 g/mol. The number of nitrogens with zero attached hydrogens (tertiary/aromatic N) is 2. The van der Waals surface area contributed by atoms with E-state index in [4.69, 9.17) is 9.47 Å². The molecule has 3 rings (SSSR count). The lowest BCUT2D eigenvalue weighted by Crippen LogP contribution is -2.28. The number of benzene rings is 2. The van der Waals surface area contributed by atoms with Gasteiger partial charge in [-0.1, -0.05) is 44.2 Å². The van der Waals surface area contributed by atoms with E-state index in [1.807, 2.05) is 20.8 Å². The van der Waals surface area contributed by atoms with Gasteiger partial charge < -0.3 is 9.47 Å². The van der Waals surface area contributed by atoms with Gasteiger partial charge in [0, 0.05) is 11.9 Å². The Morgan fingerprint density at radius 2 is 1.67 bits per heavy atom. The largest absolute Gasteiger partial charge is 0.490 e. The van der Waals surface area contributed by atoms with Gasteiger partial charge in [-0.2, -0.15) is 5.10 Å². The lowest BCUT2D eigenvalue weighted by atomic mass is 10.1. The van der Waals surface area contributed by atoms with Crippen LogP contribution in [0.2, 0.25) is 0 Å². The highest BCUT2D eigenvalue weighted by Gasteiger charge is 2.20. The molecule has 6 heteroatoms. The summed E-state index contributed by atoms with van der Waals surface area (Å²) in [6.07, 6.45) is 0. The third-order valence-corrected chi connectivity index (χ3v) is 3.95. The number of ether oxygens (including phenoxy) is 2. The highest BCUT2D eigenvalue weighted by molar-refractivity contribution is 6.03. The zero-order valence-corrected chi connectivity index (χ0v) is 15.6. The van der Waals surface area contributed by atoms with Gasteiger partial charge in [-0.15, -0.1) is 0 Å². The molecule has 0 spiro atoms. The van der Waals surface area contributed by atoms with Crippen LogP contribution in [0, 0.1) is 5.92 Å². The number of esters is 1. The summed E-state index contributed by atoms with van der Waals surface area (Å²) in [5.74, 6) is 0.375. The molecule has 0 bridgehead atoms. The lowest BCUT2D eigenvalue weighted by Gasteiger charge is -2.13. The van der Waals surface area contributed by atoms with Crippen LogP contribution in [-0.2, 0) is 6.54 Å². The molecule has 0 amide bonds. The van der Waals surface area contributed by atoms with Gasteiger partial charge in [-0.05, 0) is 31.0 Å². The molecule has 3 aromatic rings. The van der Waals surface area contributed by atoms with E-state index in [0.717, 1.165) is 0 Å². The van der Waals surface area contributed by atoms with E-state index in [2.05, 4.69) is 5.10 Å². The highest BCUT2D eigenvalue weighted by Crippen LogP contribution is 2.27. The van der Waals surface area contributed by atoms with E-state index in [1.54, 1.807) is 48.5 Å². The fourth-order valence-electron chi connectivity index (χ4n) is 2.81. The molecule has 0 atom stereocenters. The summed E-state index contributed by atoms with van der Waals surface area (Å²) < 4.78 is 12.4. The van der Waals surface area contributed by atoms with Crippen molar-refractivity contribution in [1.29, 1.82) is 0 Å². The Labute approximate surface area is 157 Å². The van der Waals surface area contributed by atoms with E-state index in [9.17, 15) is 9.59 Å². The quantitative estimate of drug-likeness (QED) is 0.492. The first-order valence-electron chi connectivity index (χ1n) is 8.95. The first kappa shape index (κ1) is 18.6. The second kappa shape index (κ2) is 8.03. The Balaban J connectivity index is 2.07. The van der Waals surface area contributed by atoms with Crippen molar-refractivity contribution in [2.24, 2.45) is 5.92 Å². The van der Waals surface area contributed by atoms with Crippen LogP contribution in [0.1, 0.15) is 31.3 Å². The molecule has 0 saturated heterocycles. The van der Waals surface area contributed by atoms with Crippen LogP contribution < -0.4 is 15.0 Å². The number of carbonyl (C=O) groups excluding carboxylic acids is 1. The standard InChI is InChI=1S/C21H22N2O4/c1-4-26-17-11-7-8-12-18(17)27-21(25)19-15-9-5-6-10-16(15)20(24)23(22-19)13-14(2)3/h5-12,14H,4,13H2,1-3H3. The van der Waals surface area contributed by atoms with Crippen molar-refractivity contribution in [1.82, 2.24) is 9.78 Å². The van der Waals surface area contributed by atoms with E-state index in [-0.39, 0.29) is 17.2 Å². The summed E-state index contributed by atoms with van der Waals surface area (Å²) in [5.41, 5.74) is -0.109. The lowest BCUT2D eigenvalue weighted by molar-refractivity contribution is 0.0721. The van der Waals surface area contributed by atoms with Gasteiger partial charge in [-0.25, -0.2) is 9.48 Å². The molecule has 0 aliphatic rings. The number of hydrogen-bond acceptors (Lipinski definition) is 5. The molecular formula is C21H22N2O4. The third-order valence-electron chi connectivity index (χ3n) is 3.95. The van der Waals surface area contributed by atoms with Gasteiger partial charge in [0.05, 0.1) is 12.0 Å². The molecule has 0 aliphatic carbocycles. The van der Waals surface area contributed by atoms with Gasteiger partial charge in [0.25, 0.3) is 5.56 Å². The molecular weight excluding hydrogens is 344 g/mol. The van der Waals surface area contributed by atoms with Crippen molar-refractivity contribution in [2.75, 3.05) is 6.61 Å². The molecule has 27 heavy (non-hydrogen) atoms. The Morgan fingerprint density at radius 1 is 1.04 bits per heavy atom. The van der Waals surface area contributed by atoms with E-state index in [1.165, 1.54) is 4.68 Å². The predicted molar refractivity (Wildman–Crippen MR) is 103 cm³/mol. The van der Waals surface area contributed by atoms with Crippen LogP contribution in [-0.4, -0.2) is 22.4 Å². The first-order chi connectivity index (χ1) is 13.0. The Kier molecular flexibility index (Phi) is 5.54. The fourth-order valence-corrected chi connectivity index (χ4v) is 2.81. The van der Waals surface area contributed by atoms with E-state index in [0.29, 0.717) is 35.4 Å². The van der Waals surface area contributed by atoms with Crippen LogP contribution in [0.25, 0.3) is 10.8 Å². The molecule has 2 aromatic carbocycles. The number of hydrogen-bond donors (Lipinski definition) is 0. The molecule has 6 nitrogen and oxygen atoms in total. The summed E-state index contributed by atoms with van der Waals surface area (Å²) in [6, 6.07) is 13.9. The molecule has 1 heterocycles. The molecule has 0 saturated carbocycles. The number of carbonyl (C=O) groups is 1. The normalized spacial score (nSPS) is 11.0. The fraction of sp³-hybridized carbons (Fsp3) is 0.286. The predicted octanol–water partition coefficient (Wildman–Crippen LogP) is 3.67. The van der Waals surface area contributed by atoms with Crippen molar-refractivity contribution < 1.29 is 14.3 Å². The van der Waals surface area contributed by atoms with Crippen LogP contribution in [0.3, 0.4) is 0 Å². The second-order valence-electron chi connectivity index (χ2n) is 6.54. The van der Waals surface area contributed by atoms with Crippen LogP contribution in [0.4, 0.5) is 0 Å². The molecule has 140 valence electrons. The monoisotopic (exact) mass is 366 g/mol. The minimum atomic E-state index is -0.629. The maximum Gasteiger partial charge on any atom is 0.364 e. The summed E-state index contributed by atoms with van der Waals surface area (Å²) >= 11 is 0. The smallest absolute Gasteiger partial charge is 0.364 e. The summed E-state index contributed by atoms with van der Waals surface area (Å²) in [7, 11) is 0. The molecule has 0 aliphatic heterocycles. The number of aromatic nitrogens is 2. The molecule has 0 unspecified atom stereocenters. The van der Waals surface area contributed by atoms with Gasteiger partial charge in [0.15, 0.2) is 17.2 Å². The Morgan fingerprint density at radius 3 is 2.33 bits per heavy atom. The Hall–Kier alpha value is -3.15. The summed E-state index contributed by atoms with van der Waals surface area (Å²) in [6.45, 7) is 6.70. The summed E-state index contributed by atoms with van der Waals surface area (Å²) in [5, 5.41) is 5.22. The van der Waals surface area contributed by atoms with Crippen LogP contribution in [0.15, 0.2) is 53.3 Å². The topological polar surface area (TPSA) is 70.4 Å². The first-order valence-corrected chi connectivity index (χ1v) is 8.95. The van der Waals surface area contributed by atoms with Crippen molar-refractivity contribution >= 4 is 16.7 Å². The van der Waals surface area contributed by atoms with Gasteiger partial charge in [-0.3, -0.25) is 4.79 Å². The highest BCUT2D eigenvalue weighted by atomic mass is 16.6. The van der Waals surface area contributed by atoms with Gasteiger partial charge in [0.2, 0.25) is 0 Å². The Bertz CT molecular complexity index is 1020. The maximum absolute atomic E-state index is 12.9. The molecule has 0 fully saturated rings. The van der Waals surface area contributed by atoms with Crippen molar-refractivity contribution in [3.05, 3.63) is 64.6 Å². The van der Waals surface area contributed by atoms with Crippen molar-refractivity contribution in [3.63, 3.8) is 0 Å². The number of para-hydroxylation sites is 2. The molecule has 0 N–H and O–H groups in total. The molecule has 1 aromatic heterocycles. The third kappa shape index (κ3) is 4.00. The SMILES string of the molecule is CCOc1ccccc1OC(=O)c1nn(CC(C)C)c(=O)c2ccccc12. The van der Waals surface area contributed by atoms with Crippen LogP contribution >= 0.6 is 0 Å². The average Bonchev–Trinajstić information content (AvgIpc) is 2.65. The van der Waals surface area contributed by atoms with Gasteiger partial charge in [0.1, 0.15) is 0 Å². The number of fused-ring (bicyclic) bond motifs is 1. The van der Waals surface area contributed by atoms with Gasteiger partial charge >= 0.3 is 5.97 Å². The van der Waals surface area contributed by atoms with Crippen molar-refractivity contribution in [2.45, 2.75) is 27.3 Å². The summed E-state index contributed by atoms with van der Waals surface area (Å²) in [4.78, 5) is 25.5. The molecule has 0 radical (unpaired) electrons. The minimum Gasteiger partial charge on any atom is -0.490 e. The zero-order valence-electron chi connectivity index (χ0n) is 15.6. The van der Waals surface area contributed by atoms with E-state index < -0.39 is 5.97 Å². The number of rotatable bonds is 6. The maximum atomic E-state index is 12.9. The second-order valence-corrected chi connectivity index (χ2v) is 6.54. The van der Waals surface area contributed by atoms with Crippen LogP contribution in [0.5, 0.6) is 11.5 Å². The zero-order chi connectivity index (χ0) is 19.4. The van der Waals surface area contributed by atoms with Crippen molar-refractivity contribution in [3.8, 4) is 11.5 Å². The van der Waals surface area contributed by atoms with E-state index >= 15 is 0 Å².